The summed E-state index contributed by atoms with van der Waals surface area (Å²) < 4.78 is 6.56. The Kier molecular flexibility index (Phi) is 4.31. The second-order valence-corrected chi connectivity index (χ2v) is 6.87. The minimum Gasteiger partial charge on any atom is -0.460 e. The van der Waals surface area contributed by atoms with Crippen LogP contribution in [0, 0.1) is 5.92 Å². The second-order valence-electron chi connectivity index (χ2n) is 5.96. The van der Waals surface area contributed by atoms with E-state index in [2.05, 4.69) is 33.4 Å². The third-order valence-corrected chi connectivity index (χ3v) is 3.75. The SMILES string of the molecule is CC(C)(C)OC(=O)C1CNCC1c1ccc(Br)cc1. The van der Waals surface area contributed by atoms with Gasteiger partial charge in [-0.15, -0.1) is 0 Å². The Balaban J connectivity index is 2.12. The van der Waals surface area contributed by atoms with Gasteiger partial charge in [0.05, 0.1) is 5.92 Å². The molecule has 0 spiro atoms. The molecule has 1 heterocycles. The Bertz CT molecular complexity index is 450. The summed E-state index contributed by atoms with van der Waals surface area (Å²) in [7, 11) is 0. The van der Waals surface area contributed by atoms with Crippen LogP contribution in [0.2, 0.25) is 0 Å². The van der Waals surface area contributed by atoms with Crippen LogP contribution in [0.3, 0.4) is 0 Å². The molecule has 1 saturated heterocycles. The molecule has 0 radical (unpaired) electrons. The van der Waals surface area contributed by atoms with Crippen molar-refractivity contribution in [2.75, 3.05) is 13.1 Å². The molecular weight excluding hydrogens is 306 g/mol. The normalized spacial score (nSPS) is 23.4. The predicted octanol–water partition coefficient (Wildman–Crippen LogP) is 3.09. The highest BCUT2D eigenvalue weighted by Crippen LogP contribution is 2.30. The molecule has 1 fully saturated rings. The topological polar surface area (TPSA) is 38.3 Å². The Hall–Kier alpha value is -0.870. The molecule has 2 atom stereocenters. The zero-order chi connectivity index (χ0) is 14.0. The zero-order valence-electron chi connectivity index (χ0n) is 11.6. The first-order valence-corrected chi connectivity index (χ1v) is 7.35. The summed E-state index contributed by atoms with van der Waals surface area (Å²) in [6, 6.07) is 8.16. The minimum atomic E-state index is -0.427. The average molecular weight is 326 g/mol. The van der Waals surface area contributed by atoms with Crippen LogP contribution < -0.4 is 5.32 Å². The van der Waals surface area contributed by atoms with Gasteiger partial charge in [-0.3, -0.25) is 4.79 Å². The number of nitrogens with one attached hydrogen (secondary N) is 1. The van der Waals surface area contributed by atoms with Gasteiger partial charge >= 0.3 is 5.97 Å². The van der Waals surface area contributed by atoms with E-state index >= 15 is 0 Å². The molecule has 0 aliphatic carbocycles. The van der Waals surface area contributed by atoms with Crippen molar-refractivity contribution in [2.45, 2.75) is 32.3 Å². The molecule has 1 aliphatic rings. The average Bonchev–Trinajstić information content (AvgIpc) is 2.76. The highest BCUT2D eigenvalue weighted by molar-refractivity contribution is 9.10. The maximum absolute atomic E-state index is 12.2. The van der Waals surface area contributed by atoms with Gasteiger partial charge in [0.2, 0.25) is 0 Å². The monoisotopic (exact) mass is 325 g/mol. The molecule has 0 amide bonds. The largest absolute Gasteiger partial charge is 0.460 e. The van der Waals surface area contributed by atoms with Crippen LogP contribution in [0.5, 0.6) is 0 Å². The number of hydrogen-bond acceptors (Lipinski definition) is 3. The summed E-state index contributed by atoms with van der Waals surface area (Å²) >= 11 is 3.43. The number of ether oxygens (including phenoxy) is 1. The van der Waals surface area contributed by atoms with E-state index in [0.29, 0.717) is 6.54 Å². The number of hydrogen-bond donors (Lipinski definition) is 1. The molecule has 2 rings (SSSR count). The predicted molar refractivity (Wildman–Crippen MR) is 79.1 cm³/mol. The summed E-state index contributed by atoms with van der Waals surface area (Å²) in [5.41, 5.74) is 0.758. The summed E-state index contributed by atoms with van der Waals surface area (Å²) in [6.45, 7) is 7.23. The van der Waals surface area contributed by atoms with Crippen molar-refractivity contribution in [1.29, 1.82) is 0 Å². The fraction of sp³-hybridized carbons (Fsp3) is 0.533. The molecule has 4 heteroatoms. The van der Waals surface area contributed by atoms with E-state index in [9.17, 15) is 4.79 Å². The first-order valence-electron chi connectivity index (χ1n) is 6.56. The Morgan fingerprint density at radius 1 is 1.26 bits per heavy atom. The van der Waals surface area contributed by atoms with Crippen molar-refractivity contribution < 1.29 is 9.53 Å². The van der Waals surface area contributed by atoms with Gasteiger partial charge in [0.25, 0.3) is 0 Å². The molecule has 0 aromatic heterocycles. The van der Waals surface area contributed by atoms with E-state index < -0.39 is 5.60 Å². The van der Waals surface area contributed by atoms with Gasteiger partial charge in [0, 0.05) is 23.5 Å². The Morgan fingerprint density at radius 3 is 2.47 bits per heavy atom. The number of esters is 1. The minimum absolute atomic E-state index is 0.0969. The van der Waals surface area contributed by atoms with Crippen LogP contribution >= 0.6 is 15.9 Å². The van der Waals surface area contributed by atoms with Gasteiger partial charge in [0.15, 0.2) is 0 Å². The molecule has 104 valence electrons. The highest BCUT2D eigenvalue weighted by atomic mass is 79.9. The van der Waals surface area contributed by atoms with Gasteiger partial charge in [-0.05, 0) is 38.5 Å². The Labute approximate surface area is 122 Å². The lowest BCUT2D eigenvalue weighted by Crippen LogP contribution is -2.31. The summed E-state index contributed by atoms with van der Waals surface area (Å²) in [4.78, 5) is 12.2. The van der Waals surface area contributed by atoms with Gasteiger partial charge < -0.3 is 10.1 Å². The molecule has 19 heavy (non-hydrogen) atoms. The molecule has 3 nitrogen and oxygen atoms in total. The fourth-order valence-electron chi connectivity index (χ4n) is 2.36. The van der Waals surface area contributed by atoms with E-state index in [1.165, 1.54) is 5.56 Å². The van der Waals surface area contributed by atoms with E-state index in [1.807, 2.05) is 32.9 Å². The molecule has 0 bridgehead atoms. The standard InChI is InChI=1S/C15H20BrNO2/c1-15(2,3)19-14(18)13-9-17-8-12(13)10-4-6-11(16)7-5-10/h4-7,12-13,17H,8-9H2,1-3H3. The smallest absolute Gasteiger partial charge is 0.311 e. The van der Waals surface area contributed by atoms with Crippen molar-refractivity contribution in [1.82, 2.24) is 5.32 Å². The van der Waals surface area contributed by atoms with Crippen molar-refractivity contribution in [2.24, 2.45) is 5.92 Å². The third-order valence-electron chi connectivity index (χ3n) is 3.22. The van der Waals surface area contributed by atoms with Gasteiger partial charge in [-0.2, -0.15) is 0 Å². The van der Waals surface area contributed by atoms with Crippen molar-refractivity contribution in [3.63, 3.8) is 0 Å². The first kappa shape index (κ1) is 14.5. The Morgan fingerprint density at radius 2 is 1.89 bits per heavy atom. The van der Waals surface area contributed by atoms with Gasteiger partial charge in [-0.1, -0.05) is 28.1 Å². The summed E-state index contributed by atoms with van der Waals surface area (Å²) in [5.74, 6) is -0.00577. The van der Waals surface area contributed by atoms with E-state index in [-0.39, 0.29) is 17.8 Å². The lowest BCUT2D eigenvalue weighted by Gasteiger charge is -2.24. The maximum atomic E-state index is 12.2. The lowest BCUT2D eigenvalue weighted by atomic mass is 9.89. The van der Waals surface area contributed by atoms with Crippen molar-refractivity contribution in [3.05, 3.63) is 34.3 Å². The van der Waals surface area contributed by atoms with E-state index in [4.69, 9.17) is 4.74 Å². The fourth-order valence-corrected chi connectivity index (χ4v) is 2.63. The molecule has 1 aromatic carbocycles. The van der Waals surface area contributed by atoms with E-state index in [1.54, 1.807) is 0 Å². The van der Waals surface area contributed by atoms with Gasteiger partial charge in [-0.25, -0.2) is 0 Å². The number of carbonyl (C=O) groups excluding carboxylic acids is 1. The van der Waals surface area contributed by atoms with Crippen LogP contribution in [0.15, 0.2) is 28.7 Å². The van der Waals surface area contributed by atoms with Crippen LogP contribution in [0.25, 0.3) is 0 Å². The zero-order valence-corrected chi connectivity index (χ0v) is 13.2. The molecule has 1 aliphatic heterocycles. The van der Waals surface area contributed by atoms with Crippen LogP contribution in [-0.2, 0) is 9.53 Å². The van der Waals surface area contributed by atoms with Crippen molar-refractivity contribution in [3.8, 4) is 0 Å². The number of rotatable bonds is 2. The van der Waals surface area contributed by atoms with E-state index in [0.717, 1.165) is 11.0 Å². The van der Waals surface area contributed by atoms with Crippen LogP contribution in [0.4, 0.5) is 0 Å². The summed E-state index contributed by atoms with van der Waals surface area (Å²) in [5, 5.41) is 3.29. The first-order chi connectivity index (χ1) is 8.87. The number of benzene rings is 1. The lowest BCUT2D eigenvalue weighted by molar-refractivity contribution is -0.159. The molecular formula is C15H20BrNO2. The molecule has 2 unspecified atom stereocenters. The quantitative estimate of drug-likeness (QED) is 0.849. The van der Waals surface area contributed by atoms with Crippen LogP contribution in [-0.4, -0.2) is 24.7 Å². The van der Waals surface area contributed by atoms with Crippen molar-refractivity contribution >= 4 is 21.9 Å². The maximum Gasteiger partial charge on any atom is 0.311 e. The number of carbonyl (C=O) groups is 1. The second kappa shape index (κ2) is 5.63. The van der Waals surface area contributed by atoms with Crippen LogP contribution in [0.1, 0.15) is 32.3 Å². The third kappa shape index (κ3) is 3.80. The summed E-state index contributed by atoms with van der Waals surface area (Å²) in [6.07, 6.45) is 0. The molecule has 0 saturated carbocycles. The highest BCUT2D eigenvalue weighted by Gasteiger charge is 2.36. The molecule has 1 N–H and O–H groups in total. The molecule has 1 aromatic rings. The number of halogens is 1. The van der Waals surface area contributed by atoms with Gasteiger partial charge in [0.1, 0.15) is 5.60 Å².